The molecule has 0 aromatic heterocycles. The minimum atomic E-state index is -1.15. The highest BCUT2D eigenvalue weighted by Crippen LogP contribution is 2.20. The number of carboxylic acid groups (broad SMARTS) is 1. The Hall–Kier alpha value is -1.59. The molecule has 0 unspecified atom stereocenters. The lowest BCUT2D eigenvalue weighted by molar-refractivity contribution is 0.0443. The Morgan fingerprint density at radius 3 is 1.81 bits per heavy atom. The maximum atomic E-state index is 11.0. The van der Waals surface area contributed by atoms with Crippen molar-refractivity contribution in [1.29, 1.82) is 0 Å². The third kappa shape index (κ3) is 9.20. The van der Waals surface area contributed by atoms with Crippen LogP contribution in [0.5, 0.6) is 0 Å². The molecule has 1 N–H and O–H groups in total. The highest BCUT2D eigenvalue weighted by atomic mass is 35.5. The van der Waals surface area contributed by atoms with Gasteiger partial charge in [-0.25, -0.2) is 14.4 Å². The standard InChI is InChI=1S/C9H4O5.2C5H11Cl/c10-7(11)4-1-2-5-6(3-4)9(13)14-8(5)12;2*1-2-3-4-5-6/h1-3H,(H,10,11);2*2-5H2,1H3. The van der Waals surface area contributed by atoms with E-state index in [0.717, 1.165) is 17.8 Å². The van der Waals surface area contributed by atoms with Gasteiger partial charge in [0, 0.05) is 11.8 Å². The van der Waals surface area contributed by atoms with E-state index in [4.69, 9.17) is 28.3 Å². The maximum Gasteiger partial charge on any atom is 0.346 e. The number of ether oxygens (including phenoxy) is 1. The number of carbonyl (C=O) groups excluding carboxylic acids is 2. The summed E-state index contributed by atoms with van der Waals surface area (Å²) < 4.78 is 4.30. The molecule has 1 aliphatic rings. The van der Waals surface area contributed by atoms with Gasteiger partial charge in [-0.3, -0.25) is 0 Å². The fraction of sp³-hybridized carbons (Fsp3) is 0.526. The second kappa shape index (κ2) is 14.6. The van der Waals surface area contributed by atoms with Crippen LogP contribution in [0.15, 0.2) is 18.2 Å². The Balaban J connectivity index is 0.000000437. The van der Waals surface area contributed by atoms with E-state index in [2.05, 4.69) is 18.6 Å². The molecule has 2 rings (SSSR count). The summed E-state index contributed by atoms with van der Waals surface area (Å²) in [6, 6.07) is 3.65. The van der Waals surface area contributed by atoms with E-state index < -0.39 is 17.9 Å². The SMILES string of the molecule is CCCCCCl.CCCCCCl.O=C(O)c1ccc2c(c1)C(=O)OC2=O. The average molecular weight is 405 g/mol. The first-order valence-electron chi connectivity index (χ1n) is 8.68. The Bertz CT molecular complexity index is 571. The Labute approximate surface area is 164 Å². The highest BCUT2D eigenvalue weighted by molar-refractivity contribution is 6.18. The molecular weight excluding hydrogens is 379 g/mol. The van der Waals surface area contributed by atoms with E-state index in [0.29, 0.717) is 0 Å². The molecule has 1 aromatic rings. The summed E-state index contributed by atoms with van der Waals surface area (Å²) in [4.78, 5) is 32.5. The van der Waals surface area contributed by atoms with Gasteiger partial charge in [-0.1, -0.05) is 39.5 Å². The smallest absolute Gasteiger partial charge is 0.346 e. The summed E-state index contributed by atoms with van der Waals surface area (Å²) in [5.74, 6) is -1.03. The molecule has 0 bridgehead atoms. The van der Waals surface area contributed by atoms with Gasteiger partial charge in [0.15, 0.2) is 0 Å². The fourth-order valence-corrected chi connectivity index (χ4v) is 2.29. The van der Waals surface area contributed by atoms with Crippen LogP contribution in [-0.2, 0) is 4.74 Å². The first-order chi connectivity index (χ1) is 12.4. The monoisotopic (exact) mass is 404 g/mol. The zero-order chi connectivity index (χ0) is 19.9. The summed E-state index contributed by atoms with van der Waals surface area (Å²) in [5, 5.41) is 8.63. The van der Waals surface area contributed by atoms with Crippen molar-refractivity contribution in [3.8, 4) is 0 Å². The van der Waals surface area contributed by atoms with Crippen LogP contribution in [-0.4, -0.2) is 34.8 Å². The number of carbonyl (C=O) groups is 3. The summed E-state index contributed by atoms with van der Waals surface area (Å²) in [5.41, 5.74) is 0.0744. The minimum Gasteiger partial charge on any atom is -0.478 e. The van der Waals surface area contributed by atoms with Crippen molar-refractivity contribution >= 4 is 41.1 Å². The molecule has 7 heteroatoms. The Morgan fingerprint density at radius 1 is 0.923 bits per heavy atom. The van der Waals surface area contributed by atoms with Crippen LogP contribution in [0.4, 0.5) is 0 Å². The lowest BCUT2D eigenvalue weighted by Crippen LogP contribution is -2.00. The van der Waals surface area contributed by atoms with Crippen molar-refractivity contribution < 1.29 is 24.2 Å². The van der Waals surface area contributed by atoms with E-state index in [1.54, 1.807) is 0 Å². The van der Waals surface area contributed by atoms with E-state index >= 15 is 0 Å². The molecule has 0 radical (unpaired) electrons. The van der Waals surface area contributed by atoms with Gasteiger partial charge in [0.1, 0.15) is 0 Å². The average Bonchev–Trinajstić information content (AvgIpc) is 2.93. The molecule has 1 heterocycles. The first kappa shape index (κ1) is 24.4. The first-order valence-corrected chi connectivity index (χ1v) is 9.75. The van der Waals surface area contributed by atoms with Crippen LogP contribution in [0.2, 0.25) is 0 Å². The molecule has 0 saturated carbocycles. The number of carboxylic acids is 1. The largest absolute Gasteiger partial charge is 0.478 e. The zero-order valence-corrected chi connectivity index (χ0v) is 16.7. The molecule has 146 valence electrons. The molecule has 0 spiro atoms. The van der Waals surface area contributed by atoms with Gasteiger partial charge >= 0.3 is 17.9 Å². The van der Waals surface area contributed by atoms with E-state index in [-0.39, 0.29) is 16.7 Å². The van der Waals surface area contributed by atoms with Crippen LogP contribution in [0.25, 0.3) is 0 Å². The molecule has 1 aromatic carbocycles. The van der Waals surface area contributed by atoms with Gasteiger partial charge in [-0.2, -0.15) is 0 Å². The van der Waals surface area contributed by atoms with Gasteiger partial charge in [-0.05, 0) is 31.0 Å². The Kier molecular flexibility index (Phi) is 13.7. The molecule has 0 amide bonds. The number of halogens is 2. The summed E-state index contributed by atoms with van der Waals surface area (Å²) >= 11 is 10.8. The number of esters is 2. The minimum absolute atomic E-state index is 0.00917. The number of unbranched alkanes of at least 4 members (excludes halogenated alkanes) is 4. The molecule has 1 aliphatic heterocycles. The fourth-order valence-electron chi connectivity index (χ4n) is 1.91. The molecule has 0 atom stereocenters. The van der Waals surface area contributed by atoms with E-state index in [1.807, 2.05) is 0 Å². The lowest BCUT2D eigenvalue weighted by Gasteiger charge is -1.94. The van der Waals surface area contributed by atoms with Gasteiger partial charge in [0.05, 0.1) is 16.7 Å². The van der Waals surface area contributed by atoms with Crippen LogP contribution in [0, 0.1) is 0 Å². The summed E-state index contributed by atoms with van der Waals surface area (Å²) in [6.07, 6.45) is 7.46. The molecule has 0 fully saturated rings. The topological polar surface area (TPSA) is 80.7 Å². The normalized spacial score (nSPS) is 11.5. The zero-order valence-electron chi connectivity index (χ0n) is 15.2. The van der Waals surface area contributed by atoms with Crippen molar-refractivity contribution in [1.82, 2.24) is 0 Å². The number of fused-ring (bicyclic) bond motifs is 1. The van der Waals surface area contributed by atoms with Crippen LogP contribution in [0.1, 0.15) is 83.4 Å². The third-order valence-corrected chi connectivity index (χ3v) is 3.90. The molecular formula is C19H26Cl2O5. The number of hydrogen-bond acceptors (Lipinski definition) is 4. The molecule has 5 nitrogen and oxygen atoms in total. The molecule has 0 aliphatic carbocycles. The number of rotatable bonds is 7. The van der Waals surface area contributed by atoms with Crippen LogP contribution in [0.3, 0.4) is 0 Å². The van der Waals surface area contributed by atoms with Crippen LogP contribution >= 0.6 is 23.2 Å². The highest BCUT2D eigenvalue weighted by Gasteiger charge is 2.30. The van der Waals surface area contributed by atoms with Crippen molar-refractivity contribution in [2.45, 2.75) is 52.4 Å². The second-order valence-corrected chi connectivity index (χ2v) is 6.29. The van der Waals surface area contributed by atoms with Gasteiger partial charge in [0.25, 0.3) is 0 Å². The van der Waals surface area contributed by atoms with Crippen molar-refractivity contribution in [3.05, 3.63) is 34.9 Å². The second-order valence-electron chi connectivity index (χ2n) is 5.53. The van der Waals surface area contributed by atoms with Crippen molar-refractivity contribution in [3.63, 3.8) is 0 Å². The predicted octanol–water partition coefficient (Wildman–Crippen LogP) is 5.53. The quantitative estimate of drug-likeness (QED) is 0.279. The van der Waals surface area contributed by atoms with Gasteiger partial charge in [0.2, 0.25) is 0 Å². The maximum absolute atomic E-state index is 11.0. The Morgan fingerprint density at radius 2 is 1.42 bits per heavy atom. The van der Waals surface area contributed by atoms with E-state index in [9.17, 15) is 14.4 Å². The number of cyclic esters (lactones) is 2. The van der Waals surface area contributed by atoms with Gasteiger partial charge in [-0.15, -0.1) is 23.2 Å². The van der Waals surface area contributed by atoms with Crippen molar-refractivity contribution in [2.75, 3.05) is 11.8 Å². The molecule has 26 heavy (non-hydrogen) atoms. The van der Waals surface area contributed by atoms with Gasteiger partial charge < -0.3 is 9.84 Å². The molecule has 0 saturated heterocycles. The summed E-state index contributed by atoms with van der Waals surface area (Å²) in [7, 11) is 0. The number of hydrogen-bond donors (Lipinski definition) is 1. The number of alkyl halides is 2. The number of aromatic carboxylic acids is 1. The third-order valence-electron chi connectivity index (χ3n) is 3.37. The number of benzene rings is 1. The van der Waals surface area contributed by atoms with Crippen molar-refractivity contribution in [2.24, 2.45) is 0 Å². The predicted molar refractivity (Wildman–Crippen MR) is 104 cm³/mol. The summed E-state index contributed by atoms with van der Waals surface area (Å²) in [6.45, 7) is 4.35. The van der Waals surface area contributed by atoms with Crippen LogP contribution < -0.4 is 0 Å². The van der Waals surface area contributed by atoms with E-state index in [1.165, 1.54) is 50.7 Å². The lowest BCUT2D eigenvalue weighted by atomic mass is 10.1.